The molecular weight excluding hydrogens is 316 g/mol. The number of primary amides is 1. The zero-order valence-electron chi connectivity index (χ0n) is 14.0. The van der Waals surface area contributed by atoms with Gasteiger partial charge in [-0.2, -0.15) is 0 Å². The van der Waals surface area contributed by atoms with Gasteiger partial charge in [0.2, 0.25) is 5.91 Å². The van der Waals surface area contributed by atoms with Crippen LogP contribution in [0.1, 0.15) is 21.7 Å². The van der Waals surface area contributed by atoms with Crippen LogP contribution in [0.25, 0.3) is 11.0 Å². The summed E-state index contributed by atoms with van der Waals surface area (Å²) < 4.78 is 1.80. The van der Waals surface area contributed by atoms with E-state index in [-0.39, 0.29) is 12.5 Å². The van der Waals surface area contributed by atoms with Crippen molar-refractivity contribution >= 4 is 22.8 Å². The van der Waals surface area contributed by atoms with Crippen molar-refractivity contribution in [1.82, 2.24) is 14.9 Å². The third-order valence-corrected chi connectivity index (χ3v) is 4.07. The summed E-state index contributed by atoms with van der Waals surface area (Å²) in [5.41, 5.74) is 8.62. The molecule has 2 amide bonds. The number of hydrogen-bond acceptors (Lipinski definition) is 3. The second-order valence-electron chi connectivity index (χ2n) is 5.89. The van der Waals surface area contributed by atoms with Crippen molar-refractivity contribution in [2.24, 2.45) is 5.73 Å². The molecule has 0 spiro atoms. The van der Waals surface area contributed by atoms with Gasteiger partial charge in [-0.3, -0.25) is 9.59 Å². The van der Waals surface area contributed by atoms with Gasteiger partial charge in [-0.05, 0) is 30.7 Å². The van der Waals surface area contributed by atoms with Gasteiger partial charge < -0.3 is 15.6 Å². The molecule has 0 unspecified atom stereocenters. The van der Waals surface area contributed by atoms with Gasteiger partial charge in [-0.1, -0.05) is 30.3 Å². The summed E-state index contributed by atoms with van der Waals surface area (Å²) in [6.45, 7) is 2.40. The molecule has 3 rings (SSSR count). The molecule has 0 radical (unpaired) electrons. The van der Waals surface area contributed by atoms with Crippen molar-refractivity contribution in [3.8, 4) is 0 Å². The summed E-state index contributed by atoms with van der Waals surface area (Å²) in [5, 5.41) is 2.90. The minimum absolute atomic E-state index is 0.0710. The lowest BCUT2D eigenvalue weighted by Gasteiger charge is -2.09. The minimum atomic E-state index is -0.423. The molecular formula is C19H20N4O2. The number of hydrogen-bond donors (Lipinski definition) is 2. The molecule has 25 heavy (non-hydrogen) atoms. The Morgan fingerprint density at radius 3 is 2.60 bits per heavy atom. The third-order valence-electron chi connectivity index (χ3n) is 4.07. The van der Waals surface area contributed by atoms with E-state index in [0.29, 0.717) is 18.5 Å². The summed E-state index contributed by atoms with van der Waals surface area (Å²) in [5.74, 6) is 0.189. The second kappa shape index (κ2) is 7.17. The molecule has 1 aromatic heterocycles. The van der Waals surface area contributed by atoms with E-state index in [0.717, 1.165) is 22.4 Å². The summed E-state index contributed by atoms with van der Waals surface area (Å²) >= 11 is 0. The lowest BCUT2D eigenvalue weighted by molar-refractivity contribution is -0.118. The van der Waals surface area contributed by atoms with Gasteiger partial charge in [0.05, 0.1) is 11.0 Å². The lowest BCUT2D eigenvalue weighted by Crippen LogP contribution is -2.27. The van der Waals surface area contributed by atoms with Gasteiger partial charge in [0, 0.05) is 18.5 Å². The van der Waals surface area contributed by atoms with Crippen molar-refractivity contribution in [2.75, 3.05) is 6.54 Å². The zero-order valence-corrected chi connectivity index (χ0v) is 14.0. The number of nitrogens with one attached hydrogen (secondary N) is 1. The molecule has 0 aliphatic heterocycles. The summed E-state index contributed by atoms with van der Waals surface area (Å²) in [6.07, 6.45) is 0.513. The minimum Gasteiger partial charge on any atom is -0.368 e. The fraction of sp³-hybridized carbons (Fsp3) is 0.211. The van der Waals surface area contributed by atoms with E-state index >= 15 is 0 Å². The highest BCUT2D eigenvalue weighted by Gasteiger charge is 2.13. The van der Waals surface area contributed by atoms with Crippen molar-refractivity contribution < 1.29 is 9.59 Å². The number of aromatic nitrogens is 2. The van der Waals surface area contributed by atoms with E-state index in [1.807, 2.05) is 49.4 Å². The fourth-order valence-corrected chi connectivity index (χ4v) is 2.86. The van der Waals surface area contributed by atoms with Crippen LogP contribution in [-0.4, -0.2) is 27.9 Å². The van der Waals surface area contributed by atoms with Gasteiger partial charge in [0.25, 0.3) is 5.91 Å². The predicted octanol–water partition coefficient (Wildman–Crippen LogP) is 1.80. The van der Waals surface area contributed by atoms with E-state index in [1.54, 1.807) is 10.6 Å². The molecule has 3 aromatic rings. The SMILES string of the molecule is Cc1ccccc1C(=O)NCCc1nc2ccccc2n1CC(N)=O. The van der Waals surface area contributed by atoms with Crippen molar-refractivity contribution in [3.63, 3.8) is 0 Å². The average Bonchev–Trinajstić information content (AvgIpc) is 2.92. The molecule has 0 fully saturated rings. The molecule has 6 heteroatoms. The van der Waals surface area contributed by atoms with Crippen LogP contribution in [0.3, 0.4) is 0 Å². The van der Waals surface area contributed by atoms with Crippen LogP contribution in [0.15, 0.2) is 48.5 Å². The molecule has 128 valence electrons. The number of imidazole rings is 1. The highest BCUT2D eigenvalue weighted by atomic mass is 16.2. The predicted molar refractivity (Wildman–Crippen MR) is 96.1 cm³/mol. The van der Waals surface area contributed by atoms with Crippen LogP contribution < -0.4 is 11.1 Å². The van der Waals surface area contributed by atoms with Crippen molar-refractivity contribution in [1.29, 1.82) is 0 Å². The van der Waals surface area contributed by atoms with Crippen LogP contribution in [0, 0.1) is 6.92 Å². The zero-order chi connectivity index (χ0) is 17.8. The van der Waals surface area contributed by atoms with E-state index in [2.05, 4.69) is 10.3 Å². The Hall–Kier alpha value is -3.15. The quantitative estimate of drug-likeness (QED) is 0.719. The van der Waals surface area contributed by atoms with E-state index in [4.69, 9.17) is 5.73 Å². The number of benzene rings is 2. The van der Waals surface area contributed by atoms with Crippen LogP contribution >= 0.6 is 0 Å². The number of fused-ring (bicyclic) bond motifs is 1. The molecule has 0 bridgehead atoms. The summed E-state index contributed by atoms with van der Waals surface area (Å²) in [6, 6.07) is 15.0. The van der Waals surface area contributed by atoms with Crippen LogP contribution in [0.5, 0.6) is 0 Å². The van der Waals surface area contributed by atoms with Gasteiger partial charge in [-0.15, -0.1) is 0 Å². The molecule has 0 saturated heterocycles. The monoisotopic (exact) mass is 336 g/mol. The Labute approximate surface area is 145 Å². The maximum Gasteiger partial charge on any atom is 0.251 e. The molecule has 3 N–H and O–H groups in total. The first kappa shape index (κ1) is 16.7. The number of amides is 2. The number of rotatable bonds is 6. The van der Waals surface area contributed by atoms with Crippen LogP contribution in [0.4, 0.5) is 0 Å². The number of para-hydroxylation sites is 2. The third kappa shape index (κ3) is 3.68. The first-order chi connectivity index (χ1) is 12.1. The van der Waals surface area contributed by atoms with E-state index in [1.165, 1.54) is 0 Å². The summed E-state index contributed by atoms with van der Waals surface area (Å²) in [7, 11) is 0. The van der Waals surface area contributed by atoms with Gasteiger partial charge in [0.1, 0.15) is 12.4 Å². The first-order valence-electron chi connectivity index (χ1n) is 8.12. The summed E-state index contributed by atoms with van der Waals surface area (Å²) in [4.78, 5) is 28.2. The molecule has 2 aromatic carbocycles. The molecule has 0 aliphatic rings. The van der Waals surface area contributed by atoms with E-state index in [9.17, 15) is 9.59 Å². The van der Waals surface area contributed by atoms with Crippen LogP contribution in [-0.2, 0) is 17.8 Å². The number of carbonyl (C=O) groups is 2. The van der Waals surface area contributed by atoms with Gasteiger partial charge in [-0.25, -0.2) is 4.98 Å². The Kier molecular flexibility index (Phi) is 4.79. The molecule has 0 atom stereocenters. The number of nitrogens with zero attached hydrogens (tertiary/aromatic N) is 2. The molecule has 6 nitrogen and oxygen atoms in total. The number of aryl methyl sites for hydroxylation is 1. The lowest BCUT2D eigenvalue weighted by atomic mass is 10.1. The smallest absolute Gasteiger partial charge is 0.251 e. The van der Waals surface area contributed by atoms with Crippen molar-refractivity contribution in [2.45, 2.75) is 19.9 Å². The van der Waals surface area contributed by atoms with E-state index < -0.39 is 5.91 Å². The normalized spacial score (nSPS) is 10.8. The molecule has 1 heterocycles. The Morgan fingerprint density at radius 1 is 1.12 bits per heavy atom. The number of nitrogens with two attached hydrogens (primary N) is 1. The molecule has 0 aliphatic carbocycles. The maximum atomic E-state index is 12.3. The standard InChI is InChI=1S/C19H20N4O2/c1-13-6-2-3-7-14(13)19(25)21-11-10-18-22-15-8-4-5-9-16(15)23(18)12-17(20)24/h2-9H,10-12H2,1H3,(H2,20,24)(H,21,25). The van der Waals surface area contributed by atoms with Crippen molar-refractivity contribution in [3.05, 3.63) is 65.5 Å². The van der Waals surface area contributed by atoms with Gasteiger partial charge in [0.15, 0.2) is 0 Å². The fourth-order valence-electron chi connectivity index (χ4n) is 2.86. The van der Waals surface area contributed by atoms with Crippen LogP contribution in [0.2, 0.25) is 0 Å². The Balaban J connectivity index is 1.74. The second-order valence-corrected chi connectivity index (χ2v) is 5.89. The average molecular weight is 336 g/mol. The Bertz CT molecular complexity index is 930. The first-order valence-corrected chi connectivity index (χ1v) is 8.12. The highest BCUT2D eigenvalue weighted by molar-refractivity contribution is 5.95. The highest BCUT2D eigenvalue weighted by Crippen LogP contribution is 2.16. The Morgan fingerprint density at radius 2 is 1.84 bits per heavy atom. The maximum absolute atomic E-state index is 12.3. The number of carbonyl (C=O) groups excluding carboxylic acids is 2. The largest absolute Gasteiger partial charge is 0.368 e. The van der Waals surface area contributed by atoms with Gasteiger partial charge >= 0.3 is 0 Å². The topological polar surface area (TPSA) is 90.0 Å². The molecule has 0 saturated carbocycles.